The van der Waals surface area contributed by atoms with E-state index in [0.29, 0.717) is 17.2 Å². The minimum atomic E-state index is -0.313. The van der Waals surface area contributed by atoms with Gasteiger partial charge in [-0.05, 0) is 62.5 Å². The highest BCUT2D eigenvalue weighted by atomic mass is 19.1. The fourth-order valence-corrected chi connectivity index (χ4v) is 3.37. The van der Waals surface area contributed by atoms with Crippen LogP contribution in [-0.2, 0) is 4.79 Å². The minimum Gasteiger partial charge on any atom is -0.457 e. The molecule has 4 rings (SSSR count). The molecule has 1 N–H and O–H groups in total. The van der Waals surface area contributed by atoms with Gasteiger partial charge >= 0.3 is 0 Å². The second-order valence-electron chi connectivity index (χ2n) is 6.83. The highest BCUT2D eigenvalue weighted by Gasteiger charge is 2.26. The van der Waals surface area contributed by atoms with Gasteiger partial charge in [-0.15, -0.1) is 0 Å². The zero-order valence-corrected chi connectivity index (χ0v) is 15.0. The Hall–Kier alpha value is -2.99. The summed E-state index contributed by atoms with van der Waals surface area (Å²) >= 11 is 0. The molecule has 0 saturated carbocycles. The molecule has 138 valence electrons. The molecule has 1 aliphatic heterocycles. The van der Waals surface area contributed by atoms with E-state index in [0.717, 1.165) is 30.3 Å². The average molecular weight is 365 g/mol. The summed E-state index contributed by atoms with van der Waals surface area (Å²) in [5.41, 5.74) is 0.712. The first-order chi connectivity index (χ1) is 13.1. The van der Waals surface area contributed by atoms with Crippen molar-refractivity contribution in [2.45, 2.75) is 6.42 Å². The van der Waals surface area contributed by atoms with Crippen molar-refractivity contribution in [1.82, 2.24) is 9.88 Å². The lowest BCUT2D eigenvalue weighted by molar-refractivity contribution is -0.119. The number of aromatic nitrogens is 1. The van der Waals surface area contributed by atoms with E-state index >= 15 is 0 Å². The molecule has 2 aromatic carbocycles. The molecule has 1 saturated heterocycles. The molecule has 1 atom stereocenters. The zero-order valence-electron chi connectivity index (χ0n) is 15.0. The Kier molecular flexibility index (Phi) is 4.73. The maximum Gasteiger partial charge on any atom is 0.228 e. The van der Waals surface area contributed by atoms with Gasteiger partial charge in [-0.1, -0.05) is 0 Å². The Morgan fingerprint density at radius 1 is 1.19 bits per heavy atom. The normalized spacial score (nSPS) is 17.2. The van der Waals surface area contributed by atoms with Gasteiger partial charge in [0.15, 0.2) is 0 Å². The number of carbonyl (C=O) groups is 1. The Labute approximate surface area is 156 Å². The number of halogens is 1. The van der Waals surface area contributed by atoms with Crippen molar-refractivity contribution in [2.24, 2.45) is 5.92 Å². The number of amides is 1. The third-order valence-corrected chi connectivity index (χ3v) is 4.84. The smallest absolute Gasteiger partial charge is 0.228 e. The van der Waals surface area contributed by atoms with Gasteiger partial charge in [-0.25, -0.2) is 4.39 Å². The number of hydrogen-bond acceptors (Lipinski definition) is 4. The van der Waals surface area contributed by atoms with E-state index in [4.69, 9.17) is 4.74 Å². The summed E-state index contributed by atoms with van der Waals surface area (Å²) < 4.78 is 19.0. The molecule has 0 spiro atoms. The number of carbonyl (C=O) groups excluding carboxylic acids is 1. The summed E-state index contributed by atoms with van der Waals surface area (Å²) in [4.78, 5) is 18.9. The Morgan fingerprint density at radius 3 is 2.74 bits per heavy atom. The number of nitrogens with one attached hydrogen (secondary N) is 1. The number of rotatable bonds is 4. The molecule has 3 aromatic rings. The number of hydrogen-bond donors (Lipinski definition) is 1. The second-order valence-corrected chi connectivity index (χ2v) is 6.83. The first-order valence-electron chi connectivity index (χ1n) is 8.90. The average Bonchev–Trinajstić information content (AvgIpc) is 3.12. The van der Waals surface area contributed by atoms with Crippen LogP contribution in [0.4, 0.5) is 10.1 Å². The second kappa shape index (κ2) is 7.32. The lowest BCUT2D eigenvalue weighted by atomic mass is 10.1. The molecule has 6 heteroatoms. The van der Waals surface area contributed by atoms with Crippen LogP contribution in [-0.4, -0.2) is 35.9 Å². The summed E-state index contributed by atoms with van der Waals surface area (Å²) in [7, 11) is 2.02. The molecule has 2 heterocycles. The van der Waals surface area contributed by atoms with Crippen molar-refractivity contribution in [3.63, 3.8) is 0 Å². The monoisotopic (exact) mass is 365 g/mol. The van der Waals surface area contributed by atoms with Crippen molar-refractivity contribution in [2.75, 3.05) is 25.5 Å². The molecular formula is C21H20FN3O2. The van der Waals surface area contributed by atoms with Gasteiger partial charge in [-0.3, -0.25) is 9.78 Å². The van der Waals surface area contributed by atoms with Crippen molar-refractivity contribution >= 4 is 22.4 Å². The van der Waals surface area contributed by atoms with E-state index in [2.05, 4.69) is 15.2 Å². The van der Waals surface area contributed by atoms with Gasteiger partial charge in [0, 0.05) is 29.7 Å². The fourth-order valence-electron chi connectivity index (χ4n) is 3.37. The van der Waals surface area contributed by atoms with Gasteiger partial charge in [0.2, 0.25) is 5.91 Å². The third-order valence-electron chi connectivity index (χ3n) is 4.84. The van der Waals surface area contributed by atoms with E-state index in [1.54, 1.807) is 24.5 Å². The lowest BCUT2D eigenvalue weighted by Gasteiger charge is -2.15. The molecule has 1 amide bonds. The largest absolute Gasteiger partial charge is 0.457 e. The van der Waals surface area contributed by atoms with Crippen LogP contribution in [0, 0.1) is 11.7 Å². The van der Waals surface area contributed by atoms with Crippen LogP contribution in [0.2, 0.25) is 0 Å². The molecule has 5 nitrogen and oxygen atoms in total. The number of ether oxygens (including phenoxy) is 1. The van der Waals surface area contributed by atoms with Crippen LogP contribution in [0.25, 0.3) is 10.8 Å². The van der Waals surface area contributed by atoms with Gasteiger partial charge < -0.3 is 15.0 Å². The van der Waals surface area contributed by atoms with E-state index in [1.165, 1.54) is 12.1 Å². The number of likely N-dealkylation sites (tertiary alicyclic amines) is 1. The number of nitrogens with zero attached hydrogens (tertiary/aromatic N) is 2. The Balaban J connectivity index is 1.62. The van der Waals surface area contributed by atoms with Gasteiger partial charge in [0.05, 0.1) is 11.6 Å². The highest BCUT2D eigenvalue weighted by Crippen LogP contribution is 2.34. The number of pyridine rings is 1. The van der Waals surface area contributed by atoms with E-state index < -0.39 is 0 Å². The van der Waals surface area contributed by atoms with Crippen LogP contribution >= 0.6 is 0 Å². The zero-order chi connectivity index (χ0) is 18.8. The molecule has 1 aliphatic rings. The molecule has 0 radical (unpaired) electrons. The van der Waals surface area contributed by atoms with Crippen molar-refractivity contribution in [3.8, 4) is 11.5 Å². The summed E-state index contributed by atoms with van der Waals surface area (Å²) in [6, 6.07) is 11.3. The highest BCUT2D eigenvalue weighted by molar-refractivity contribution is 6.04. The summed E-state index contributed by atoms with van der Waals surface area (Å²) in [5, 5.41) is 4.67. The molecule has 1 unspecified atom stereocenters. The molecule has 27 heavy (non-hydrogen) atoms. The van der Waals surface area contributed by atoms with Crippen molar-refractivity contribution in [1.29, 1.82) is 0 Å². The van der Waals surface area contributed by atoms with E-state index in [1.807, 2.05) is 25.2 Å². The topological polar surface area (TPSA) is 54.5 Å². The lowest BCUT2D eigenvalue weighted by Crippen LogP contribution is -2.25. The van der Waals surface area contributed by atoms with Crippen LogP contribution in [0.1, 0.15) is 6.42 Å². The predicted molar refractivity (Wildman–Crippen MR) is 102 cm³/mol. The number of benzene rings is 2. The van der Waals surface area contributed by atoms with Crippen LogP contribution in [0.15, 0.2) is 54.9 Å². The Bertz CT molecular complexity index is 975. The first-order valence-corrected chi connectivity index (χ1v) is 8.90. The predicted octanol–water partition coefficient (Wildman–Crippen LogP) is 4.06. The van der Waals surface area contributed by atoms with Gasteiger partial charge in [-0.2, -0.15) is 0 Å². The molecule has 1 fully saturated rings. The SMILES string of the molecule is CN1CCC(C(=O)Nc2ccc(Oc3ccc(F)cc3)c3ccncc23)C1. The van der Waals surface area contributed by atoms with Gasteiger partial charge in [0.25, 0.3) is 0 Å². The Morgan fingerprint density at radius 2 is 2.00 bits per heavy atom. The first kappa shape index (κ1) is 17.4. The molecule has 1 aromatic heterocycles. The fraction of sp³-hybridized carbons (Fsp3) is 0.238. The third kappa shape index (κ3) is 3.75. The van der Waals surface area contributed by atoms with Crippen LogP contribution in [0.5, 0.6) is 11.5 Å². The van der Waals surface area contributed by atoms with Crippen LogP contribution < -0.4 is 10.1 Å². The summed E-state index contributed by atoms with van der Waals surface area (Å²) in [5.74, 6) is 0.874. The maximum atomic E-state index is 13.1. The number of fused-ring (bicyclic) bond motifs is 1. The number of anilines is 1. The van der Waals surface area contributed by atoms with Crippen LogP contribution in [0.3, 0.4) is 0 Å². The van der Waals surface area contributed by atoms with Gasteiger partial charge in [0.1, 0.15) is 17.3 Å². The van der Waals surface area contributed by atoms with Crippen molar-refractivity contribution < 1.29 is 13.9 Å². The van der Waals surface area contributed by atoms with E-state index in [-0.39, 0.29) is 17.6 Å². The summed E-state index contributed by atoms with van der Waals surface area (Å²) in [6.45, 7) is 1.71. The molecule has 0 bridgehead atoms. The summed E-state index contributed by atoms with van der Waals surface area (Å²) in [6.07, 6.45) is 4.25. The standard InChI is InChI=1S/C21H20FN3O2/c1-25-11-9-14(13-25)21(26)24-19-6-7-20(17-8-10-23-12-18(17)19)27-16-4-2-15(22)3-5-16/h2-8,10,12,14H,9,11,13H2,1H3,(H,24,26). The molecular weight excluding hydrogens is 345 g/mol. The maximum absolute atomic E-state index is 13.1. The van der Waals surface area contributed by atoms with E-state index in [9.17, 15) is 9.18 Å². The molecule has 0 aliphatic carbocycles. The minimum absolute atomic E-state index is 0.00290. The quantitative estimate of drug-likeness (QED) is 0.758. The van der Waals surface area contributed by atoms with Crippen molar-refractivity contribution in [3.05, 3.63) is 60.7 Å².